The molecule has 11 heteroatoms. The summed E-state index contributed by atoms with van der Waals surface area (Å²) in [6, 6.07) is 6.08. The van der Waals surface area contributed by atoms with Crippen LogP contribution in [0, 0.1) is 0 Å². The molecule has 0 aliphatic carbocycles. The number of H-pyrrole nitrogens is 1. The second-order valence-corrected chi connectivity index (χ2v) is 7.95. The van der Waals surface area contributed by atoms with Crippen LogP contribution in [-0.4, -0.2) is 44.2 Å². The Bertz CT molecular complexity index is 1480. The Morgan fingerprint density at radius 3 is 2.43 bits per heavy atom. The lowest BCUT2D eigenvalue weighted by atomic mass is 10.0. The van der Waals surface area contributed by atoms with E-state index < -0.39 is 23.2 Å². The molecule has 0 bridgehead atoms. The van der Waals surface area contributed by atoms with Gasteiger partial charge in [-0.1, -0.05) is 6.92 Å². The third-order valence-corrected chi connectivity index (χ3v) is 5.64. The number of amides is 1. The topological polar surface area (TPSA) is 133 Å². The Hall–Kier alpha value is -4.41. The average molecular weight is 479 g/mol. The summed E-state index contributed by atoms with van der Waals surface area (Å²) in [7, 11) is 4.91. The summed E-state index contributed by atoms with van der Waals surface area (Å²) in [4.78, 5) is 49.0. The standard InChI is InChI=1S/C24H26N6O5/c1-5-7-30-20-18(23(32)28-24(30)33)11-15(13-26-20)22(31)27-19(21-25-6-8-29(21)2)14-9-16(34-3)12-17(10-14)35-4/h6,8-13,19H,5,7H2,1-4H3,(H,27,31)(H,28,32,33). The zero-order chi connectivity index (χ0) is 25.1. The number of aromatic nitrogens is 5. The van der Waals surface area contributed by atoms with Crippen molar-refractivity contribution < 1.29 is 14.3 Å². The van der Waals surface area contributed by atoms with Crippen LogP contribution in [0.2, 0.25) is 0 Å². The summed E-state index contributed by atoms with van der Waals surface area (Å²) in [5.74, 6) is 1.22. The molecule has 11 nitrogen and oxygen atoms in total. The van der Waals surface area contributed by atoms with E-state index in [9.17, 15) is 14.4 Å². The lowest BCUT2D eigenvalue weighted by molar-refractivity contribution is 0.0941. The number of nitrogens with zero attached hydrogens (tertiary/aromatic N) is 4. The van der Waals surface area contributed by atoms with Gasteiger partial charge in [0, 0.05) is 38.2 Å². The Morgan fingerprint density at radius 2 is 1.83 bits per heavy atom. The van der Waals surface area contributed by atoms with Gasteiger partial charge < -0.3 is 19.4 Å². The van der Waals surface area contributed by atoms with Crippen molar-refractivity contribution in [1.82, 2.24) is 29.4 Å². The number of aryl methyl sites for hydroxylation is 2. The molecule has 0 aliphatic heterocycles. The monoisotopic (exact) mass is 478 g/mol. The molecule has 3 heterocycles. The van der Waals surface area contributed by atoms with Gasteiger partial charge in [-0.15, -0.1) is 0 Å². The Morgan fingerprint density at radius 1 is 1.11 bits per heavy atom. The van der Waals surface area contributed by atoms with Crippen molar-refractivity contribution >= 4 is 16.9 Å². The van der Waals surface area contributed by atoms with Crippen molar-refractivity contribution in [3.05, 3.63) is 80.6 Å². The van der Waals surface area contributed by atoms with E-state index in [2.05, 4.69) is 20.3 Å². The third kappa shape index (κ3) is 4.65. The van der Waals surface area contributed by atoms with Crippen molar-refractivity contribution in [2.75, 3.05) is 14.2 Å². The number of ether oxygens (including phenoxy) is 2. The molecule has 3 aromatic heterocycles. The molecule has 0 radical (unpaired) electrons. The molecule has 35 heavy (non-hydrogen) atoms. The van der Waals surface area contributed by atoms with E-state index >= 15 is 0 Å². The van der Waals surface area contributed by atoms with E-state index in [0.29, 0.717) is 35.9 Å². The van der Waals surface area contributed by atoms with E-state index in [1.807, 2.05) is 14.0 Å². The van der Waals surface area contributed by atoms with Gasteiger partial charge in [0.15, 0.2) is 0 Å². The SMILES string of the molecule is CCCn1c(=O)[nH]c(=O)c2cc(C(=O)NC(c3cc(OC)cc(OC)c3)c3nccn3C)cnc21. The van der Waals surface area contributed by atoms with Gasteiger partial charge in [0.25, 0.3) is 11.5 Å². The number of pyridine rings is 1. The van der Waals surface area contributed by atoms with E-state index in [0.717, 1.165) is 0 Å². The van der Waals surface area contributed by atoms with Crippen molar-refractivity contribution in [2.45, 2.75) is 25.9 Å². The average Bonchev–Trinajstić information content (AvgIpc) is 3.29. The number of methoxy groups -OCH3 is 2. The van der Waals surface area contributed by atoms with Crippen molar-refractivity contribution in [1.29, 1.82) is 0 Å². The molecule has 0 fully saturated rings. The number of aromatic amines is 1. The minimum Gasteiger partial charge on any atom is -0.497 e. The molecule has 0 aliphatic rings. The molecule has 182 valence electrons. The minimum atomic E-state index is -0.658. The summed E-state index contributed by atoms with van der Waals surface area (Å²) in [5.41, 5.74) is -0.0464. The molecule has 4 rings (SSSR count). The number of fused-ring (bicyclic) bond motifs is 1. The van der Waals surface area contributed by atoms with Crippen LogP contribution in [0.3, 0.4) is 0 Å². The fourth-order valence-electron chi connectivity index (χ4n) is 3.89. The molecule has 1 aromatic carbocycles. The molecule has 0 saturated carbocycles. The minimum absolute atomic E-state index is 0.155. The Kier molecular flexibility index (Phi) is 6.67. The van der Waals surface area contributed by atoms with Crippen LogP contribution in [-0.2, 0) is 13.6 Å². The molecular formula is C24H26N6O5. The van der Waals surface area contributed by atoms with Gasteiger partial charge in [0.05, 0.1) is 25.2 Å². The highest BCUT2D eigenvalue weighted by atomic mass is 16.5. The smallest absolute Gasteiger partial charge is 0.329 e. The van der Waals surface area contributed by atoms with Crippen molar-refractivity contribution in [3.63, 3.8) is 0 Å². The van der Waals surface area contributed by atoms with Crippen molar-refractivity contribution in [3.8, 4) is 11.5 Å². The van der Waals surface area contributed by atoms with E-state index in [1.54, 1.807) is 49.4 Å². The highest BCUT2D eigenvalue weighted by Gasteiger charge is 2.24. The van der Waals surface area contributed by atoms with Gasteiger partial charge >= 0.3 is 5.69 Å². The van der Waals surface area contributed by atoms with Gasteiger partial charge in [-0.2, -0.15) is 0 Å². The quantitative estimate of drug-likeness (QED) is 0.394. The first-order chi connectivity index (χ1) is 16.9. The van der Waals surface area contributed by atoms with Crippen LogP contribution < -0.4 is 26.0 Å². The number of nitrogens with one attached hydrogen (secondary N) is 2. The fourth-order valence-corrected chi connectivity index (χ4v) is 3.89. The normalized spacial score (nSPS) is 11.9. The number of carbonyl (C=O) groups is 1. The van der Waals surface area contributed by atoms with Gasteiger partial charge in [-0.25, -0.2) is 14.8 Å². The maximum atomic E-state index is 13.3. The molecule has 0 saturated heterocycles. The maximum Gasteiger partial charge on any atom is 0.329 e. The third-order valence-electron chi connectivity index (χ3n) is 5.64. The van der Waals surface area contributed by atoms with Crippen LogP contribution in [0.15, 0.2) is 52.4 Å². The summed E-state index contributed by atoms with van der Waals surface area (Å²) in [6.45, 7) is 2.31. The van der Waals surface area contributed by atoms with E-state index in [-0.39, 0.29) is 16.6 Å². The molecule has 1 atom stereocenters. The number of benzene rings is 1. The number of imidazole rings is 1. The molecule has 2 N–H and O–H groups in total. The van der Waals surface area contributed by atoms with Crippen LogP contribution in [0.25, 0.3) is 11.0 Å². The van der Waals surface area contributed by atoms with Crippen LogP contribution in [0.1, 0.15) is 41.1 Å². The predicted octanol–water partition coefficient (Wildman–Crippen LogP) is 1.76. The predicted molar refractivity (Wildman–Crippen MR) is 129 cm³/mol. The highest BCUT2D eigenvalue weighted by molar-refractivity contribution is 5.97. The van der Waals surface area contributed by atoms with Gasteiger partial charge in [-0.3, -0.25) is 19.1 Å². The number of carbonyl (C=O) groups excluding carboxylic acids is 1. The molecule has 0 spiro atoms. The maximum absolute atomic E-state index is 13.3. The number of rotatable bonds is 8. The van der Waals surface area contributed by atoms with Gasteiger partial charge in [0.1, 0.15) is 29.0 Å². The summed E-state index contributed by atoms with van der Waals surface area (Å²) in [6.07, 6.45) is 5.44. The molecule has 1 amide bonds. The van der Waals surface area contributed by atoms with Crippen LogP contribution in [0.5, 0.6) is 11.5 Å². The largest absolute Gasteiger partial charge is 0.497 e. The fraction of sp³-hybridized carbons (Fsp3) is 0.292. The van der Waals surface area contributed by atoms with Crippen molar-refractivity contribution in [2.24, 2.45) is 7.05 Å². The Balaban J connectivity index is 1.77. The van der Waals surface area contributed by atoms with Gasteiger partial charge in [-0.05, 0) is 30.2 Å². The lowest BCUT2D eigenvalue weighted by Crippen LogP contribution is -2.33. The van der Waals surface area contributed by atoms with Crippen LogP contribution in [0.4, 0.5) is 0 Å². The summed E-state index contributed by atoms with van der Waals surface area (Å²) < 4.78 is 14.0. The lowest BCUT2D eigenvalue weighted by Gasteiger charge is -2.20. The summed E-state index contributed by atoms with van der Waals surface area (Å²) in [5, 5.41) is 3.13. The first kappa shape index (κ1) is 23.7. The highest BCUT2D eigenvalue weighted by Crippen LogP contribution is 2.29. The summed E-state index contributed by atoms with van der Waals surface area (Å²) >= 11 is 0. The van der Waals surface area contributed by atoms with Crippen LogP contribution >= 0.6 is 0 Å². The van der Waals surface area contributed by atoms with E-state index in [4.69, 9.17) is 9.47 Å². The first-order valence-corrected chi connectivity index (χ1v) is 11.0. The molecule has 1 unspecified atom stereocenters. The Labute approximate surface area is 200 Å². The second kappa shape index (κ2) is 9.84. The first-order valence-electron chi connectivity index (χ1n) is 11.0. The van der Waals surface area contributed by atoms with E-state index in [1.165, 1.54) is 16.8 Å². The molecular weight excluding hydrogens is 452 g/mol. The van der Waals surface area contributed by atoms with Gasteiger partial charge in [0.2, 0.25) is 0 Å². The number of hydrogen-bond donors (Lipinski definition) is 2. The second-order valence-electron chi connectivity index (χ2n) is 7.95. The zero-order valence-corrected chi connectivity index (χ0v) is 19.9. The zero-order valence-electron chi connectivity index (χ0n) is 19.9. The number of hydrogen-bond acceptors (Lipinski definition) is 7. The molecule has 4 aromatic rings.